The van der Waals surface area contributed by atoms with Gasteiger partial charge in [-0.05, 0) is 48.9 Å². The van der Waals surface area contributed by atoms with Crippen LogP contribution in [0.25, 0.3) is 0 Å². The Morgan fingerprint density at radius 2 is 1.94 bits per heavy atom. The van der Waals surface area contributed by atoms with Gasteiger partial charge >= 0.3 is 0 Å². The molecule has 3 N–H and O–H groups in total. The van der Waals surface area contributed by atoms with Crippen LogP contribution in [0.2, 0.25) is 0 Å². The lowest BCUT2D eigenvalue weighted by atomic mass is 9.81. The van der Waals surface area contributed by atoms with Crippen LogP contribution in [-0.4, -0.2) is 0 Å². The quantitative estimate of drug-likeness (QED) is 0.657. The van der Waals surface area contributed by atoms with Gasteiger partial charge in [0.25, 0.3) is 0 Å². The van der Waals surface area contributed by atoms with E-state index in [9.17, 15) is 0 Å². The summed E-state index contributed by atoms with van der Waals surface area (Å²) < 4.78 is 1.14. The Bertz CT molecular complexity index is 352. The molecule has 0 heterocycles. The minimum absolute atomic E-state index is 0.298. The molecule has 3 heteroatoms. The number of nitrogens with one attached hydrogen (secondary N) is 1. The van der Waals surface area contributed by atoms with E-state index in [1.807, 2.05) is 0 Å². The first-order valence-electron chi connectivity index (χ1n) is 6.44. The monoisotopic (exact) mass is 296 g/mol. The Hall–Kier alpha value is -0.380. The summed E-state index contributed by atoms with van der Waals surface area (Å²) in [5.74, 6) is 6.45. The van der Waals surface area contributed by atoms with Gasteiger partial charge in [-0.3, -0.25) is 11.3 Å². The number of benzene rings is 1. The van der Waals surface area contributed by atoms with Crippen LogP contribution in [0.1, 0.15) is 49.3 Å². The van der Waals surface area contributed by atoms with E-state index in [4.69, 9.17) is 5.84 Å². The lowest BCUT2D eigenvalue weighted by molar-refractivity contribution is 0.273. The zero-order valence-corrected chi connectivity index (χ0v) is 12.0. The molecule has 1 unspecified atom stereocenters. The lowest BCUT2D eigenvalue weighted by Crippen LogP contribution is -2.34. The van der Waals surface area contributed by atoms with E-state index in [2.05, 4.69) is 46.5 Å². The van der Waals surface area contributed by atoms with Gasteiger partial charge < -0.3 is 0 Å². The van der Waals surface area contributed by atoms with E-state index in [1.165, 1.54) is 43.2 Å². The Morgan fingerprint density at radius 1 is 1.24 bits per heavy atom. The summed E-state index contributed by atoms with van der Waals surface area (Å²) in [5.41, 5.74) is 5.62. The minimum Gasteiger partial charge on any atom is -0.271 e. The van der Waals surface area contributed by atoms with Crippen LogP contribution in [0.4, 0.5) is 0 Å². The van der Waals surface area contributed by atoms with Crippen molar-refractivity contribution in [3.63, 3.8) is 0 Å². The first-order chi connectivity index (χ1) is 8.20. The Balaban J connectivity index is 2.21. The van der Waals surface area contributed by atoms with Gasteiger partial charge in [0.2, 0.25) is 0 Å². The SMILES string of the molecule is Cc1cc(Br)cc(C(NN)C2CCCCC2)c1. The molecule has 1 aromatic carbocycles. The van der Waals surface area contributed by atoms with E-state index in [1.54, 1.807) is 0 Å². The number of hydrazine groups is 1. The van der Waals surface area contributed by atoms with Crippen LogP contribution in [0.3, 0.4) is 0 Å². The fraction of sp³-hybridized carbons (Fsp3) is 0.571. The van der Waals surface area contributed by atoms with Gasteiger partial charge in [-0.15, -0.1) is 0 Å². The molecule has 1 fully saturated rings. The lowest BCUT2D eigenvalue weighted by Gasteiger charge is -2.30. The summed E-state index contributed by atoms with van der Waals surface area (Å²) in [7, 11) is 0. The van der Waals surface area contributed by atoms with Crippen molar-refractivity contribution >= 4 is 15.9 Å². The highest BCUT2D eigenvalue weighted by Gasteiger charge is 2.24. The molecule has 1 aromatic rings. The third-order valence-corrected chi connectivity index (χ3v) is 4.18. The first-order valence-corrected chi connectivity index (χ1v) is 7.23. The highest BCUT2D eigenvalue weighted by atomic mass is 79.9. The molecule has 2 rings (SSSR count). The number of rotatable bonds is 3. The molecule has 0 aromatic heterocycles. The number of aryl methyl sites for hydroxylation is 1. The van der Waals surface area contributed by atoms with Crippen molar-refractivity contribution in [1.29, 1.82) is 0 Å². The van der Waals surface area contributed by atoms with E-state index >= 15 is 0 Å². The molecule has 0 amide bonds. The van der Waals surface area contributed by atoms with E-state index < -0.39 is 0 Å². The van der Waals surface area contributed by atoms with Crippen molar-refractivity contribution in [1.82, 2.24) is 5.43 Å². The van der Waals surface area contributed by atoms with Gasteiger partial charge in [0.15, 0.2) is 0 Å². The predicted octanol–water partition coefficient (Wildman–Crippen LogP) is 3.84. The fourth-order valence-corrected chi connectivity index (χ4v) is 3.54. The highest BCUT2D eigenvalue weighted by molar-refractivity contribution is 9.10. The summed E-state index contributed by atoms with van der Waals surface area (Å²) in [4.78, 5) is 0. The summed E-state index contributed by atoms with van der Waals surface area (Å²) in [6, 6.07) is 6.86. The predicted molar refractivity (Wildman–Crippen MR) is 75.5 cm³/mol. The fourth-order valence-electron chi connectivity index (χ4n) is 2.92. The molecule has 1 aliphatic rings. The van der Waals surface area contributed by atoms with Crippen LogP contribution in [0, 0.1) is 12.8 Å². The Labute approximate surface area is 112 Å². The minimum atomic E-state index is 0.298. The molecular weight excluding hydrogens is 276 g/mol. The van der Waals surface area contributed by atoms with Crippen LogP contribution >= 0.6 is 15.9 Å². The van der Waals surface area contributed by atoms with Gasteiger partial charge in [0.1, 0.15) is 0 Å². The highest BCUT2D eigenvalue weighted by Crippen LogP contribution is 2.35. The van der Waals surface area contributed by atoms with Gasteiger partial charge in [0.05, 0.1) is 0 Å². The smallest absolute Gasteiger partial charge is 0.0488 e. The molecule has 0 spiro atoms. The Morgan fingerprint density at radius 3 is 2.53 bits per heavy atom. The maximum Gasteiger partial charge on any atom is 0.0488 e. The summed E-state index contributed by atoms with van der Waals surface area (Å²) in [6.07, 6.45) is 6.65. The van der Waals surface area contributed by atoms with Crippen LogP contribution in [-0.2, 0) is 0 Å². The number of nitrogens with two attached hydrogens (primary N) is 1. The second kappa shape index (κ2) is 5.98. The standard InChI is InChI=1S/C14H21BrN2/c1-10-7-12(9-13(15)8-10)14(17-16)11-5-3-2-4-6-11/h7-9,11,14,17H,2-6,16H2,1H3. The normalized spacial score (nSPS) is 19.2. The summed E-state index contributed by atoms with van der Waals surface area (Å²) >= 11 is 3.57. The number of halogens is 1. The van der Waals surface area contributed by atoms with E-state index in [0.717, 1.165) is 4.47 Å². The topological polar surface area (TPSA) is 38.0 Å². The second-order valence-electron chi connectivity index (χ2n) is 5.10. The van der Waals surface area contributed by atoms with Crippen molar-refractivity contribution in [3.05, 3.63) is 33.8 Å². The molecule has 0 bridgehead atoms. The second-order valence-corrected chi connectivity index (χ2v) is 6.02. The first kappa shape index (κ1) is 13.1. The maximum absolute atomic E-state index is 5.77. The molecule has 1 aliphatic carbocycles. The zero-order chi connectivity index (χ0) is 12.3. The molecule has 17 heavy (non-hydrogen) atoms. The molecule has 2 nitrogen and oxygen atoms in total. The van der Waals surface area contributed by atoms with Crippen LogP contribution < -0.4 is 11.3 Å². The number of hydrogen-bond donors (Lipinski definition) is 2. The largest absolute Gasteiger partial charge is 0.271 e. The van der Waals surface area contributed by atoms with Crippen molar-refractivity contribution in [2.24, 2.45) is 11.8 Å². The van der Waals surface area contributed by atoms with E-state index in [-0.39, 0.29) is 0 Å². The van der Waals surface area contributed by atoms with Crippen molar-refractivity contribution < 1.29 is 0 Å². The van der Waals surface area contributed by atoms with Gasteiger partial charge in [-0.25, -0.2) is 0 Å². The van der Waals surface area contributed by atoms with Crippen molar-refractivity contribution in [2.75, 3.05) is 0 Å². The molecular formula is C14H21BrN2. The molecule has 0 aliphatic heterocycles. The zero-order valence-electron chi connectivity index (χ0n) is 10.4. The molecule has 0 saturated heterocycles. The van der Waals surface area contributed by atoms with Crippen molar-refractivity contribution in [2.45, 2.75) is 45.1 Å². The summed E-state index contributed by atoms with van der Waals surface area (Å²) in [6.45, 7) is 2.13. The number of hydrogen-bond acceptors (Lipinski definition) is 2. The van der Waals surface area contributed by atoms with Crippen LogP contribution in [0.15, 0.2) is 22.7 Å². The molecule has 1 saturated carbocycles. The molecule has 1 atom stereocenters. The average molecular weight is 297 g/mol. The van der Waals surface area contributed by atoms with Crippen molar-refractivity contribution in [3.8, 4) is 0 Å². The third-order valence-electron chi connectivity index (χ3n) is 3.72. The Kier molecular flexibility index (Phi) is 4.60. The van der Waals surface area contributed by atoms with Crippen LogP contribution in [0.5, 0.6) is 0 Å². The average Bonchev–Trinajstić information content (AvgIpc) is 2.30. The molecule has 94 valence electrons. The third kappa shape index (κ3) is 3.30. The van der Waals surface area contributed by atoms with Gasteiger partial charge in [-0.2, -0.15) is 0 Å². The summed E-state index contributed by atoms with van der Waals surface area (Å²) in [5, 5.41) is 0. The maximum atomic E-state index is 5.77. The van der Waals surface area contributed by atoms with E-state index in [0.29, 0.717) is 12.0 Å². The van der Waals surface area contributed by atoms with Gasteiger partial charge in [0, 0.05) is 10.5 Å². The molecule has 0 radical (unpaired) electrons. The van der Waals surface area contributed by atoms with Gasteiger partial charge in [-0.1, -0.05) is 41.3 Å².